The Balaban J connectivity index is 1.47. The molecule has 0 radical (unpaired) electrons. The Hall–Kier alpha value is -4.56. The molecule has 3 aromatic carbocycles. The average Bonchev–Trinajstić information content (AvgIpc) is 3.53. The molecule has 3 atom stereocenters. The number of hydrogen-bond acceptors (Lipinski definition) is 8. The van der Waals surface area contributed by atoms with E-state index in [4.69, 9.17) is 11.6 Å². The van der Waals surface area contributed by atoms with Gasteiger partial charge < -0.3 is 21.1 Å². The summed E-state index contributed by atoms with van der Waals surface area (Å²) < 4.78 is 15.7. The van der Waals surface area contributed by atoms with Crippen LogP contribution in [-0.2, 0) is 6.54 Å². The number of anilines is 2. The Morgan fingerprint density at radius 2 is 1.79 bits per heavy atom. The van der Waals surface area contributed by atoms with Crippen LogP contribution in [-0.4, -0.2) is 43.3 Å². The van der Waals surface area contributed by atoms with E-state index in [1.54, 1.807) is 22.9 Å². The number of hydrogen-bond donors (Lipinski definition) is 4. The summed E-state index contributed by atoms with van der Waals surface area (Å²) >= 11 is 6.82. The summed E-state index contributed by atoms with van der Waals surface area (Å²) in [6, 6.07) is 21.7. The van der Waals surface area contributed by atoms with Gasteiger partial charge in [0, 0.05) is 35.9 Å². The lowest BCUT2D eigenvalue weighted by Crippen LogP contribution is -2.41. The van der Waals surface area contributed by atoms with Gasteiger partial charge in [-0.25, -0.2) is 4.39 Å². The van der Waals surface area contributed by atoms with Crippen molar-refractivity contribution in [2.45, 2.75) is 70.8 Å². The van der Waals surface area contributed by atoms with Gasteiger partial charge in [0.15, 0.2) is 0 Å². The number of pyridine rings is 1. The van der Waals surface area contributed by atoms with Gasteiger partial charge in [-0.1, -0.05) is 66.2 Å². The molecule has 47 heavy (non-hydrogen) atoms. The minimum atomic E-state index is -0.545. The van der Waals surface area contributed by atoms with Gasteiger partial charge >= 0.3 is 0 Å². The van der Waals surface area contributed by atoms with Crippen molar-refractivity contribution in [1.82, 2.24) is 25.3 Å². The average molecular weight is 655 g/mol. The van der Waals surface area contributed by atoms with Crippen LogP contribution in [0.2, 0.25) is 5.02 Å². The Morgan fingerprint density at radius 1 is 1.04 bits per heavy atom. The maximum atomic E-state index is 14.0. The molecule has 0 bridgehead atoms. The number of aryl methyl sites for hydroxylation is 1. The molecule has 2 aromatic heterocycles. The maximum absolute atomic E-state index is 14.0. The molecule has 11 heteroatoms. The van der Waals surface area contributed by atoms with Crippen LogP contribution in [0, 0.1) is 17.1 Å². The molecule has 5 aromatic rings. The minimum absolute atomic E-state index is 0.0472. The highest BCUT2D eigenvalue weighted by atomic mass is 35.5. The summed E-state index contributed by atoms with van der Waals surface area (Å²) in [6.07, 6.45) is 4.10. The summed E-state index contributed by atoms with van der Waals surface area (Å²) in [4.78, 5) is 4.51. The van der Waals surface area contributed by atoms with E-state index in [0.29, 0.717) is 58.1 Å². The van der Waals surface area contributed by atoms with E-state index >= 15 is 0 Å². The molecule has 0 saturated heterocycles. The summed E-state index contributed by atoms with van der Waals surface area (Å²) in [5.41, 5.74) is 4.63. The number of β-amino-alcohol motifs (C(OH)–C–C–N with tert-alkyl or cyclic N) is 1. The Bertz CT molecular complexity index is 1830. The molecule has 2 heterocycles. The Morgan fingerprint density at radius 3 is 2.47 bits per heavy atom. The van der Waals surface area contributed by atoms with Crippen molar-refractivity contribution in [3.8, 4) is 6.07 Å². The molecule has 0 aliphatic carbocycles. The molecule has 0 aliphatic heterocycles. The van der Waals surface area contributed by atoms with Crippen LogP contribution in [0.25, 0.3) is 10.9 Å². The summed E-state index contributed by atoms with van der Waals surface area (Å²) in [5, 5.41) is 40.8. The fourth-order valence-electron chi connectivity index (χ4n) is 5.38. The smallest absolute Gasteiger partial charge is 0.123 e. The van der Waals surface area contributed by atoms with Crippen molar-refractivity contribution >= 4 is 33.9 Å². The van der Waals surface area contributed by atoms with Crippen molar-refractivity contribution in [3.05, 3.63) is 112 Å². The van der Waals surface area contributed by atoms with Crippen molar-refractivity contribution < 1.29 is 9.50 Å². The number of nitrogens with one attached hydrogen (secondary N) is 3. The van der Waals surface area contributed by atoms with E-state index in [1.807, 2.05) is 30.5 Å². The first-order valence-electron chi connectivity index (χ1n) is 15.7. The van der Waals surface area contributed by atoms with Gasteiger partial charge in [0.1, 0.15) is 17.6 Å². The maximum Gasteiger partial charge on any atom is 0.123 e. The molecule has 4 N–H and O–H groups in total. The lowest BCUT2D eigenvalue weighted by atomic mass is 10.0. The van der Waals surface area contributed by atoms with E-state index in [-0.39, 0.29) is 17.4 Å². The number of aliphatic hydroxyl groups is 1. The number of halogens is 2. The molecular weight excluding hydrogens is 615 g/mol. The predicted octanol–water partition coefficient (Wildman–Crippen LogP) is 7.39. The second-order valence-electron chi connectivity index (χ2n) is 12.6. The zero-order valence-electron chi connectivity index (χ0n) is 27.0. The quantitative estimate of drug-likeness (QED) is 0.104. The van der Waals surface area contributed by atoms with Crippen LogP contribution in [0.3, 0.4) is 0 Å². The second kappa shape index (κ2) is 14.9. The van der Waals surface area contributed by atoms with Gasteiger partial charge in [-0.15, -0.1) is 5.10 Å². The molecule has 5 rings (SSSR count). The summed E-state index contributed by atoms with van der Waals surface area (Å²) in [5.74, 6) is -0.350. The van der Waals surface area contributed by atoms with Crippen LogP contribution >= 0.6 is 11.6 Å². The number of rotatable bonds is 13. The first-order chi connectivity index (χ1) is 22.5. The topological polar surface area (TPSA) is 124 Å². The standard InChI is InChI=1S/C36H40ClFN8O/c1-5-31(23-9-7-6-8-10-23)43-33-25(19-39)20-40-35-29(33)17-27(18-30(35)37)42-34(24-11-13-26(38)14-12-24)32-22-46(45-44-32)16-15-28(47)21-41-36(2,3)4/h6-14,17-18,20,22,28,31,34,41-42,47H,5,15-16,21H2,1-4H3,(H,40,43)/t28?,31-,34?/m1/s1. The molecule has 0 amide bonds. The lowest BCUT2D eigenvalue weighted by molar-refractivity contribution is 0.144. The Labute approximate surface area is 279 Å². The van der Waals surface area contributed by atoms with Crippen molar-refractivity contribution in [2.24, 2.45) is 0 Å². The highest BCUT2D eigenvalue weighted by Crippen LogP contribution is 2.37. The van der Waals surface area contributed by atoms with Gasteiger partial charge in [-0.05, 0) is 69.0 Å². The first kappa shape index (κ1) is 33.8. The van der Waals surface area contributed by atoms with Crippen molar-refractivity contribution in [3.63, 3.8) is 0 Å². The van der Waals surface area contributed by atoms with Gasteiger partial charge in [-0.2, -0.15) is 5.26 Å². The first-order valence-corrected chi connectivity index (χ1v) is 16.1. The van der Waals surface area contributed by atoms with E-state index in [1.165, 1.54) is 18.3 Å². The van der Waals surface area contributed by atoms with Crippen LogP contribution in [0.1, 0.15) is 75.0 Å². The fraction of sp³-hybridized carbons (Fsp3) is 0.333. The largest absolute Gasteiger partial charge is 0.392 e. The van der Waals surface area contributed by atoms with Gasteiger partial charge in [-0.3, -0.25) is 9.67 Å². The third-order valence-corrected chi connectivity index (χ3v) is 8.19. The Kier molecular flexibility index (Phi) is 10.7. The second-order valence-corrected chi connectivity index (χ2v) is 13.0. The molecule has 0 fully saturated rings. The third kappa shape index (κ3) is 8.63. The summed E-state index contributed by atoms with van der Waals surface area (Å²) in [6.45, 7) is 9.18. The normalized spacial score (nSPS) is 13.6. The van der Waals surface area contributed by atoms with Crippen molar-refractivity contribution in [2.75, 3.05) is 17.2 Å². The van der Waals surface area contributed by atoms with Crippen molar-refractivity contribution in [1.29, 1.82) is 5.26 Å². The molecule has 0 saturated carbocycles. The molecule has 244 valence electrons. The number of benzene rings is 3. The van der Waals surface area contributed by atoms with Gasteiger partial charge in [0.25, 0.3) is 0 Å². The SMILES string of the molecule is CC[C@@H](Nc1c(C#N)cnc2c(Cl)cc(NC(c3ccc(F)cc3)c3cn(CCC(O)CNC(C)(C)C)nn3)cc12)c1ccccc1. The number of fused-ring (bicyclic) bond motifs is 1. The lowest BCUT2D eigenvalue weighted by Gasteiger charge is -2.23. The number of aliphatic hydroxyl groups excluding tert-OH is 1. The third-order valence-electron chi connectivity index (χ3n) is 7.90. The van der Waals surface area contributed by atoms with Crippen LogP contribution in [0.4, 0.5) is 15.8 Å². The highest BCUT2D eigenvalue weighted by Gasteiger charge is 2.22. The van der Waals surface area contributed by atoms with Gasteiger partial charge in [0.05, 0.1) is 46.2 Å². The van der Waals surface area contributed by atoms with E-state index in [9.17, 15) is 14.8 Å². The number of aromatic nitrogens is 4. The number of nitrogens with zero attached hydrogens (tertiary/aromatic N) is 5. The van der Waals surface area contributed by atoms with Crippen LogP contribution < -0.4 is 16.0 Å². The fourth-order valence-corrected chi connectivity index (χ4v) is 5.64. The van der Waals surface area contributed by atoms with E-state index in [2.05, 4.69) is 77.1 Å². The van der Waals surface area contributed by atoms with E-state index < -0.39 is 12.1 Å². The molecule has 9 nitrogen and oxygen atoms in total. The molecule has 0 aliphatic rings. The molecule has 2 unspecified atom stereocenters. The predicted molar refractivity (Wildman–Crippen MR) is 185 cm³/mol. The monoisotopic (exact) mass is 654 g/mol. The summed E-state index contributed by atoms with van der Waals surface area (Å²) in [7, 11) is 0. The molecule has 0 spiro atoms. The highest BCUT2D eigenvalue weighted by molar-refractivity contribution is 6.35. The zero-order chi connectivity index (χ0) is 33.6. The van der Waals surface area contributed by atoms with Gasteiger partial charge in [0.2, 0.25) is 0 Å². The molecular formula is C36H40ClFN8O. The number of nitriles is 1. The van der Waals surface area contributed by atoms with Crippen LogP contribution in [0.5, 0.6) is 0 Å². The van der Waals surface area contributed by atoms with E-state index in [0.717, 1.165) is 17.5 Å². The minimum Gasteiger partial charge on any atom is -0.392 e. The van der Waals surface area contributed by atoms with Crippen LogP contribution in [0.15, 0.2) is 79.1 Å². The zero-order valence-corrected chi connectivity index (χ0v) is 27.8.